The van der Waals surface area contributed by atoms with Crippen molar-refractivity contribution >= 4 is 23.2 Å². The number of nitrogens with zero attached hydrogens (tertiary/aromatic N) is 1. The van der Waals surface area contributed by atoms with Crippen LogP contribution in [-0.2, 0) is 16.0 Å². The molecule has 0 fully saturated rings. The zero-order chi connectivity index (χ0) is 12.8. The highest BCUT2D eigenvalue weighted by molar-refractivity contribution is 7.09. The smallest absolute Gasteiger partial charge is 0.326 e. The van der Waals surface area contributed by atoms with E-state index >= 15 is 0 Å². The van der Waals surface area contributed by atoms with E-state index in [2.05, 4.69) is 10.3 Å². The Labute approximate surface area is 104 Å². The number of amides is 1. The Kier molecular flexibility index (Phi) is 5.09. The number of rotatable bonds is 6. The minimum atomic E-state index is -0.991. The molecule has 0 bridgehead atoms. The molecule has 0 saturated heterocycles. The van der Waals surface area contributed by atoms with Crippen LogP contribution in [0.15, 0.2) is 5.38 Å². The van der Waals surface area contributed by atoms with Crippen molar-refractivity contribution in [3.05, 3.63) is 16.1 Å². The molecule has 94 valence electrons. The second-order valence-electron chi connectivity index (χ2n) is 3.78. The number of carboxylic acids is 1. The van der Waals surface area contributed by atoms with Crippen LogP contribution in [0.2, 0.25) is 0 Å². The molecule has 0 saturated carbocycles. The monoisotopic (exact) mass is 256 g/mol. The Morgan fingerprint density at radius 2 is 2.29 bits per heavy atom. The van der Waals surface area contributed by atoms with Crippen LogP contribution in [0.5, 0.6) is 0 Å². The quantitative estimate of drug-likeness (QED) is 0.805. The molecule has 17 heavy (non-hydrogen) atoms. The number of aliphatic carboxylic acids is 1. The van der Waals surface area contributed by atoms with Crippen LogP contribution in [0.4, 0.5) is 0 Å². The van der Waals surface area contributed by atoms with Gasteiger partial charge in [0, 0.05) is 5.38 Å². The molecule has 5 nitrogen and oxygen atoms in total. The van der Waals surface area contributed by atoms with Crippen molar-refractivity contribution in [2.24, 2.45) is 0 Å². The Hall–Kier alpha value is -1.43. The SMILES string of the molecule is CCC[C@@H](NC(=O)Cc1csc(C)n1)C(=O)O. The third-order valence-electron chi connectivity index (χ3n) is 2.22. The van der Waals surface area contributed by atoms with E-state index in [1.165, 1.54) is 11.3 Å². The number of nitrogens with one attached hydrogen (secondary N) is 1. The van der Waals surface area contributed by atoms with Gasteiger partial charge in [0.2, 0.25) is 5.91 Å². The van der Waals surface area contributed by atoms with Gasteiger partial charge in [0.25, 0.3) is 0 Å². The third-order valence-corrected chi connectivity index (χ3v) is 3.04. The van der Waals surface area contributed by atoms with Crippen molar-refractivity contribution < 1.29 is 14.7 Å². The van der Waals surface area contributed by atoms with Gasteiger partial charge >= 0.3 is 5.97 Å². The molecular weight excluding hydrogens is 240 g/mol. The Morgan fingerprint density at radius 1 is 1.59 bits per heavy atom. The summed E-state index contributed by atoms with van der Waals surface area (Å²) >= 11 is 1.47. The van der Waals surface area contributed by atoms with Crippen LogP contribution >= 0.6 is 11.3 Å². The van der Waals surface area contributed by atoms with Gasteiger partial charge in [-0.25, -0.2) is 9.78 Å². The molecule has 1 atom stereocenters. The standard InChI is InChI=1S/C11H16N2O3S/c1-3-4-9(11(15)16)13-10(14)5-8-6-17-7(2)12-8/h6,9H,3-5H2,1-2H3,(H,13,14)(H,15,16)/t9-/m1/s1. The number of carbonyl (C=O) groups excluding carboxylic acids is 1. The number of hydrogen-bond donors (Lipinski definition) is 2. The lowest BCUT2D eigenvalue weighted by Crippen LogP contribution is -2.41. The first-order valence-corrected chi connectivity index (χ1v) is 6.34. The number of aromatic nitrogens is 1. The van der Waals surface area contributed by atoms with Crippen LogP contribution < -0.4 is 5.32 Å². The van der Waals surface area contributed by atoms with Crippen LogP contribution in [0.1, 0.15) is 30.5 Å². The Morgan fingerprint density at radius 3 is 2.76 bits per heavy atom. The number of carboxylic acid groups (broad SMARTS) is 1. The van der Waals surface area contributed by atoms with Crippen molar-refractivity contribution in [2.75, 3.05) is 0 Å². The number of aryl methyl sites for hydroxylation is 1. The van der Waals surface area contributed by atoms with Gasteiger partial charge in [-0.1, -0.05) is 13.3 Å². The highest BCUT2D eigenvalue weighted by Gasteiger charge is 2.19. The first-order chi connectivity index (χ1) is 8.02. The predicted molar refractivity (Wildman–Crippen MR) is 65.0 cm³/mol. The summed E-state index contributed by atoms with van der Waals surface area (Å²) < 4.78 is 0. The molecule has 0 aromatic carbocycles. The highest BCUT2D eigenvalue weighted by atomic mass is 32.1. The minimum absolute atomic E-state index is 0.137. The van der Waals surface area contributed by atoms with Gasteiger partial charge in [-0.05, 0) is 13.3 Å². The van der Waals surface area contributed by atoms with Crippen molar-refractivity contribution in [2.45, 2.75) is 39.2 Å². The number of carbonyl (C=O) groups is 2. The van der Waals surface area contributed by atoms with Crippen LogP contribution in [0.3, 0.4) is 0 Å². The average molecular weight is 256 g/mol. The van der Waals surface area contributed by atoms with Crippen molar-refractivity contribution in [3.8, 4) is 0 Å². The molecule has 0 unspecified atom stereocenters. The summed E-state index contributed by atoms with van der Waals surface area (Å²) in [6, 6.07) is -0.799. The second kappa shape index (κ2) is 6.34. The molecule has 1 rings (SSSR count). The van der Waals surface area contributed by atoms with Crippen molar-refractivity contribution in [1.82, 2.24) is 10.3 Å². The average Bonchev–Trinajstić information content (AvgIpc) is 2.63. The van der Waals surface area contributed by atoms with Crippen LogP contribution in [0.25, 0.3) is 0 Å². The summed E-state index contributed by atoms with van der Waals surface area (Å²) in [5, 5.41) is 14.1. The molecule has 1 amide bonds. The van der Waals surface area contributed by atoms with E-state index in [1.807, 2.05) is 19.2 Å². The van der Waals surface area contributed by atoms with Gasteiger partial charge in [0.05, 0.1) is 17.1 Å². The lowest BCUT2D eigenvalue weighted by atomic mass is 10.1. The fourth-order valence-corrected chi connectivity index (χ4v) is 2.06. The van der Waals surface area contributed by atoms with Crippen molar-refractivity contribution in [3.63, 3.8) is 0 Å². The molecule has 1 aromatic rings. The van der Waals surface area contributed by atoms with Gasteiger partial charge in [0.1, 0.15) is 6.04 Å². The first kappa shape index (κ1) is 13.6. The van der Waals surface area contributed by atoms with Gasteiger partial charge < -0.3 is 10.4 Å². The summed E-state index contributed by atoms with van der Waals surface area (Å²) in [4.78, 5) is 26.6. The molecule has 2 N–H and O–H groups in total. The summed E-state index contributed by atoms with van der Waals surface area (Å²) in [5.74, 6) is -1.29. The molecule has 0 spiro atoms. The lowest BCUT2D eigenvalue weighted by Gasteiger charge is -2.12. The summed E-state index contributed by atoms with van der Waals surface area (Å²) in [6.45, 7) is 3.75. The summed E-state index contributed by atoms with van der Waals surface area (Å²) in [5.41, 5.74) is 0.686. The maximum atomic E-state index is 11.6. The fraction of sp³-hybridized carbons (Fsp3) is 0.545. The van der Waals surface area contributed by atoms with E-state index in [-0.39, 0.29) is 12.3 Å². The van der Waals surface area contributed by atoms with E-state index in [0.717, 1.165) is 5.01 Å². The fourth-order valence-electron chi connectivity index (χ4n) is 1.45. The Balaban J connectivity index is 2.50. The molecule has 1 heterocycles. The Bertz CT molecular complexity index is 403. The molecule has 0 aliphatic heterocycles. The lowest BCUT2D eigenvalue weighted by molar-refractivity contribution is -0.141. The van der Waals surface area contributed by atoms with Crippen LogP contribution in [0, 0.1) is 6.92 Å². The van der Waals surface area contributed by atoms with Gasteiger partial charge in [-0.2, -0.15) is 0 Å². The van der Waals surface area contributed by atoms with E-state index in [4.69, 9.17) is 5.11 Å². The molecule has 0 radical (unpaired) electrons. The van der Waals surface area contributed by atoms with Gasteiger partial charge in [0.15, 0.2) is 0 Å². The topological polar surface area (TPSA) is 79.3 Å². The summed E-state index contributed by atoms with van der Waals surface area (Å²) in [7, 11) is 0. The normalized spacial score (nSPS) is 12.1. The molecule has 0 aliphatic rings. The molecule has 0 aliphatic carbocycles. The van der Waals surface area contributed by atoms with Gasteiger partial charge in [-0.15, -0.1) is 11.3 Å². The van der Waals surface area contributed by atoms with E-state index in [9.17, 15) is 9.59 Å². The number of thiazole rings is 1. The predicted octanol–water partition coefficient (Wildman–Crippen LogP) is 1.36. The number of hydrogen-bond acceptors (Lipinski definition) is 4. The van der Waals surface area contributed by atoms with E-state index in [1.54, 1.807) is 0 Å². The molecular formula is C11H16N2O3S. The van der Waals surface area contributed by atoms with Gasteiger partial charge in [-0.3, -0.25) is 4.79 Å². The highest BCUT2D eigenvalue weighted by Crippen LogP contribution is 2.08. The zero-order valence-corrected chi connectivity index (χ0v) is 10.7. The van der Waals surface area contributed by atoms with E-state index in [0.29, 0.717) is 18.5 Å². The molecule has 1 aromatic heterocycles. The van der Waals surface area contributed by atoms with E-state index < -0.39 is 12.0 Å². The van der Waals surface area contributed by atoms with Crippen LogP contribution in [-0.4, -0.2) is 28.0 Å². The minimum Gasteiger partial charge on any atom is -0.480 e. The second-order valence-corrected chi connectivity index (χ2v) is 4.84. The summed E-state index contributed by atoms with van der Waals surface area (Å²) in [6.07, 6.45) is 1.29. The zero-order valence-electron chi connectivity index (χ0n) is 9.90. The maximum Gasteiger partial charge on any atom is 0.326 e. The van der Waals surface area contributed by atoms with Crippen molar-refractivity contribution in [1.29, 1.82) is 0 Å². The molecule has 6 heteroatoms. The maximum absolute atomic E-state index is 11.6. The third kappa shape index (κ3) is 4.52. The largest absolute Gasteiger partial charge is 0.480 e. The first-order valence-electron chi connectivity index (χ1n) is 5.46.